The maximum atomic E-state index is 13.5. The number of carbonyl (C=O) groups excluding carboxylic acids is 2. The number of hydrogen-bond acceptors (Lipinski definition) is 5. The van der Waals surface area contributed by atoms with Crippen molar-refractivity contribution < 1.29 is 28.6 Å². The third-order valence-corrected chi connectivity index (χ3v) is 5.33. The predicted octanol–water partition coefficient (Wildman–Crippen LogP) is 4.47. The topological polar surface area (TPSA) is 76.1 Å². The van der Waals surface area contributed by atoms with Gasteiger partial charge in [-0.15, -0.1) is 0 Å². The monoisotopic (exact) mass is 433 g/mol. The first-order valence-corrected chi connectivity index (χ1v) is 9.80. The van der Waals surface area contributed by atoms with Crippen LogP contribution in [0, 0.1) is 5.82 Å². The zero-order chi connectivity index (χ0) is 22.8. The van der Waals surface area contributed by atoms with Crippen LogP contribution in [0.5, 0.6) is 11.5 Å². The van der Waals surface area contributed by atoms with Crippen molar-refractivity contribution in [3.05, 3.63) is 95.3 Å². The van der Waals surface area contributed by atoms with Crippen LogP contribution in [-0.4, -0.2) is 31.0 Å². The number of aliphatic hydroxyl groups excluding tert-OH is 1. The fraction of sp³-hybridized carbons (Fsp3) is 0.120. The van der Waals surface area contributed by atoms with E-state index in [4.69, 9.17) is 9.47 Å². The highest BCUT2D eigenvalue weighted by atomic mass is 19.1. The lowest BCUT2D eigenvalue weighted by atomic mass is 9.94. The van der Waals surface area contributed by atoms with Crippen molar-refractivity contribution in [2.75, 3.05) is 19.1 Å². The summed E-state index contributed by atoms with van der Waals surface area (Å²) in [5, 5.41) is 11.2. The van der Waals surface area contributed by atoms with Crippen LogP contribution < -0.4 is 14.4 Å². The Morgan fingerprint density at radius 3 is 2.34 bits per heavy atom. The van der Waals surface area contributed by atoms with Crippen molar-refractivity contribution in [1.29, 1.82) is 0 Å². The van der Waals surface area contributed by atoms with Gasteiger partial charge in [0.05, 0.1) is 25.8 Å². The average Bonchev–Trinajstić information content (AvgIpc) is 3.09. The molecule has 0 aliphatic carbocycles. The fourth-order valence-electron chi connectivity index (χ4n) is 3.81. The number of ether oxygens (including phenoxy) is 2. The van der Waals surface area contributed by atoms with Crippen LogP contribution in [0.4, 0.5) is 10.1 Å². The Kier molecular flexibility index (Phi) is 5.64. The van der Waals surface area contributed by atoms with Crippen molar-refractivity contribution >= 4 is 23.1 Å². The summed E-state index contributed by atoms with van der Waals surface area (Å²) in [6.45, 7) is 0. The summed E-state index contributed by atoms with van der Waals surface area (Å²) in [4.78, 5) is 27.5. The second-order valence-electron chi connectivity index (χ2n) is 7.12. The molecule has 3 aromatic carbocycles. The number of para-hydroxylation sites is 1. The fourth-order valence-corrected chi connectivity index (χ4v) is 3.81. The molecule has 7 heteroatoms. The van der Waals surface area contributed by atoms with Gasteiger partial charge in [0, 0.05) is 16.8 Å². The summed E-state index contributed by atoms with van der Waals surface area (Å²) >= 11 is 0. The first kappa shape index (κ1) is 21.1. The summed E-state index contributed by atoms with van der Waals surface area (Å²) < 4.78 is 24.2. The summed E-state index contributed by atoms with van der Waals surface area (Å²) in [6, 6.07) is 17.7. The number of halogens is 1. The summed E-state index contributed by atoms with van der Waals surface area (Å²) in [7, 11) is 2.96. The van der Waals surface area contributed by atoms with Gasteiger partial charge >= 0.3 is 0 Å². The van der Waals surface area contributed by atoms with E-state index >= 15 is 0 Å². The number of nitrogens with zero attached hydrogens (tertiary/aromatic N) is 1. The number of anilines is 1. The van der Waals surface area contributed by atoms with Crippen molar-refractivity contribution in [1.82, 2.24) is 0 Å². The zero-order valence-corrected chi connectivity index (χ0v) is 17.4. The molecular formula is C25H20FNO5. The van der Waals surface area contributed by atoms with Crippen molar-refractivity contribution in [3.8, 4) is 11.5 Å². The van der Waals surface area contributed by atoms with Crippen LogP contribution in [0.15, 0.2) is 78.4 Å². The Labute approximate surface area is 184 Å². The lowest BCUT2D eigenvalue weighted by Crippen LogP contribution is -2.29. The van der Waals surface area contributed by atoms with Gasteiger partial charge < -0.3 is 14.6 Å². The standard InChI is InChI=1S/C25H20FNO5/c1-31-18-7-5-6-15(14-18)23(28)21-22(19-8-3-4-9-20(19)32-2)27(25(30)24(21)29)17-12-10-16(26)11-13-17/h3-14,22,28H,1-2H3/b23-21-. The van der Waals surface area contributed by atoms with Crippen LogP contribution in [0.1, 0.15) is 17.2 Å². The highest BCUT2D eigenvalue weighted by Gasteiger charge is 2.47. The molecule has 0 saturated carbocycles. The van der Waals surface area contributed by atoms with Crippen molar-refractivity contribution in [2.45, 2.75) is 6.04 Å². The maximum Gasteiger partial charge on any atom is 0.300 e. The molecule has 1 aliphatic rings. The number of hydrogen-bond donors (Lipinski definition) is 1. The maximum absolute atomic E-state index is 13.5. The molecule has 1 unspecified atom stereocenters. The van der Waals surface area contributed by atoms with Gasteiger partial charge in [-0.05, 0) is 42.5 Å². The Hall–Kier alpha value is -4.13. The normalized spacial score (nSPS) is 17.5. The number of benzene rings is 3. The van der Waals surface area contributed by atoms with Crippen LogP contribution in [0.25, 0.3) is 5.76 Å². The molecular weight excluding hydrogens is 413 g/mol. The van der Waals surface area contributed by atoms with Gasteiger partial charge in [0.15, 0.2) is 0 Å². The quantitative estimate of drug-likeness (QED) is 0.365. The minimum atomic E-state index is -0.984. The molecule has 1 amide bonds. The third kappa shape index (κ3) is 3.58. The average molecular weight is 433 g/mol. The highest BCUT2D eigenvalue weighted by Crippen LogP contribution is 2.44. The molecule has 32 heavy (non-hydrogen) atoms. The number of carbonyl (C=O) groups is 2. The number of aliphatic hydroxyl groups is 1. The van der Waals surface area contributed by atoms with E-state index in [9.17, 15) is 19.1 Å². The number of Topliss-reactive ketones (excluding diaryl/α,β-unsaturated/α-hetero) is 1. The number of methoxy groups -OCH3 is 2. The molecule has 1 heterocycles. The first-order valence-electron chi connectivity index (χ1n) is 9.80. The summed E-state index contributed by atoms with van der Waals surface area (Å²) in [6.07, 6.45) is 0. The molecule has 1 aliphatic heterocycles. The number of rotatable bonds is 5. The molecule has 6 nitrogen and oxygen atoms in total. The van der Waals surface area contributed by atoms with E-state index in [1.807, 2.05) is 0 Å². The van der Waals surface area contributed by atoms with Gasteiger partial charge in [0.2, 0.25) is 0 Å². The van der Waals surface area contributed by atoms with Gasteiger partial charge in [0.1, 0.15) is 23.1 Å². The van der Waals surface area contributed by atoms with Gasteiger partial charge in [0.25, 0.3) is 11.7 Å². The Balaban J connectivity index is 1.98. The van der Waals surface area contributed by atoms with E-state index in [0.717, 1.165) is 0 Å². The summed E-state index contributed by atoms with van der Waals surface area (Å²) in [5.41, 5.74) is 1.04. The molecule has 1 N–H and O–H groups in total. The molecule has 1 atom stereocenters. The van der Waals surface area contributed by atoms with Gasteiger partial charge in [-0.25, -0.2) is 4.39 Å². The zero-order valence-electron chi connectivity index (χ0n) is 17.4. The van der Waals surface area contributed by atoms with E-state index in [0.29, 0.717) is 28.3 Å². The Bertz CT molecular complexity index is 1220. The van der Waals surface area contributed by atoms with Crippen LogP contribution >= 0.6 is 0 Å². The Morgan fingerprint density at radius 2 is 1.66 bits per heavy atom. The van der Waals surface area contributed by atoms with Gasteiger partial charge in [-0.1, -0.05) is 30.3 Å². The molecule has 0 aromatic heterocycles. The lowest BCUT2D eigenvalue weighted by molar-refractivity contribution is -0.132. The van der Waals surface area contributed by atoms with E-state index in [1.54, 1.807) is 48.5 Å². The predicted molar refractivity (Wildman–Crippen MR) is 117 cm³/mol. The third-order valence-electron chi connectivity index (χ3n) is 5.33. The van der Waals surface area contributed by atoms with E-state index in [1.165, 1.54) is 43.4 Å². The molecule has 1 saturated heterocycles. The largest absolute Gasteiger partial charge is 0.507 e. The van der Waals surface area contributed by atoms with Gasteiger partial charge in [-0.2, -0.15) is 0 Å². The molecule has 1 fully saturated rings. The first-order chi connectivity index (χ1) is 15.5. The molecule has 4 rings (SSSR count). The molecule has 0 spiro atoms. The number of ketones is 1. The SMILES string of the molecule is COc1cccc(/C(O)=C2/C(=O)C(=O)N(c3ccc(F)cc3)C2c2ccccc2OC)c1. The summed E-state index contributed by atoms with van der Waals surface area (Å²) in [5.74, 6) is -1.60. The smallest absolute Gasteiger partial charge is 0.300 e. The second-order valence-corrected chi connectivity index (χ2v) is 7.12. The van der Waals surface area contributed by atoms with E-state index in [-0.39, 0.29) is 11.3 Å². The van der Waals surface area contributed by atoms with Crippen LogP contribution in [-0.2, 0) is 9.59 Å². The minimum absolute atomic E-state index is 0.0999. The molecule has 162 valence electrons. The molecule has 3 aromatic rings. The van der Waals surface area contributed by atoms with Crippen LogP contribution in [0.2, 0.25) is 0 Å². The second kappa shape index (κ2) is 8.55. The van der Waals surface area contributed by atoms with E-state index < -0.39 is 23.5 Å². The minimum Gasteiger partial charge on any atom is -0.507 e. The van der Waals surface area contributed by atoms with Crippen molar-refractivity contribution in [2.24, 2.45) is 0 Å². The number of amides is 1. The van der Waals surface area contributed by atoms with Crippen molar-refractivity contribution in [3.63, 3.8) is 0 Å². The van der Waals surface area contributed by atoms with Crippen LogP contribution in [0.3, 0.4) is 0 Å². The van der Waals surface area contributed by atoms with E-state index in [2.05, 4.69) is 0 Å². The highest BCUT2D eigenvalue weighted by molar-refractivity contribution is 6.51. The lowest BCUT2D eigenvalue weighted by Gasteiger charge is -2.26. The Morgan fingerprint density at radius 1 is 0.938 bits per heavy atom. The van der Waals surface area contributed by atoms with Gasteiger partial charge in [-0.3, -0.25) is 14.5 Å². The molecule has 0 radical (unpaired) electrons. The molecule has 0 bridgehead atoms.